The Morgan fingerprint density at radius 3 is 2.66 bits per heavy atom. The summed E-state index contributed by atoms with van der Waals surface area (Å²) in [7, 11) is 3.64. The molecule has 0 saturated heterocycles. The number of ether oxygens (including phenoxy) is 1. The summed E-state index contributed by atoms with van der Waals surface area (Å²) in [5, 5.41) is 5.63. The summed E-state index contributed by atoms with van der Waals surface area (Å²) in [5.74, 6) is 0.213. The average Bonchev–Trinajstić information content (AvgIpc) is 3.36. The second-order valence-corrected chi connectivity index (χ2v) is 13.0. The van der Waals surface area contributed by atoms with Gasteiger partial charge in [-0.2, -0.15) is 0 Å². The van der Waals surface area contributed by atoms with Gasteiger partial charge >= 0.3 is 5.97 Å². The lowest BCUT2D eigenvalue weighted by atomic mass is 9.61. The van der Waals surface area contributed by atoms with E-state index in [9.17, 15) is 9.59 Å². The number of hydrogen-bond acceptors (Lipinski definition) is 5. The summed E-state index contributed by atoms with van der Waals surface area (Å²) >= 11 is 0. The second kappa shape index (κ2) is 14.4. The van der Waals surface area contributed by atoms with Gasteiger partial charge in [0.15, 0.2) is 0 Å². The van der Waals surface area contributed by atoms with Gasteiger partial charge in [0.25, 0.3) is 0 Å². The number of carbonyl (C=O) groups excluding carboxylic acids is 2. The molecule has 3 unspecified atom stereocenters. The highest BCUT2D eigenvalue weighted by Crippen LogP contribution is 2.48. The standard InChI is InChI=1S/C29H45NO3S2/c1-8-21(5)27(30-26(31)13-11-10-12-24-15-17-34-35-24)28(32)33-19-22(6)23-14-16-29(7,9-2)25(18-23)20(3)4/h9,15,17,21,23-25,27H,2-3,6,8,10-14,16,18-19H2,1,4-5,7H3,(H,30,31)/t21?,23-,24?,25+,27?,29-/m1/s1. The largest absolute Gasteiger partial charge is 0.460 e. The predicted octanol–water partition coefficient (Wildman–Crippen LogP) is 7.64. The average molecular weight is 520 g/mol. The van der Waals surface area contributed by atoms with Gasteiger partial charge in [-0.1, -0.05) is 86.1 Å². The van der Waals surface area contributed by atoms with Crippen molar-refractivity contribution in [2.75, 3.05) is 6.61 Å². The fraction of sp³-hybridized carbons (Fsp3) is 0.655. The van der Waals surface area contributed by atoms with Gasteiger partial charge in [0.1, 0.15) is 12.6 Å². The lowest BCUT2D eigenvalue weighted by Gasteiger charge is -2.43. The summed E-state index contributed by atoms with van der Waals surface area (Å²) in [4.78, 5) is 25.5. The van der Waals surface area contributed by atoms with Crippen molar-refractivity contribution >= 4 is 33.5 Å². The van der Waals surface area contributed by atoms with E-state index in [0.29, 0.717) is 23.5 Å². The van der Waals surface area contributed by atoms with E-state index < -0.39 is 6.04 Å². The molecule has 2 aliphatic rings. The highest BCUT2D eigenvalue weighted by Gasteiger charge is 2.39. The Balaban J connectivity index is 1.83. The van der Waals surface area contributed by atoms with Crippen molar-refractivity contribution in [1.82, 2.24) is 5.32 Å². The molecule has 1 aliphatic carbocycles. The van der Waals surface area contributed by atoms with Crippen LogP contribution in [-0.4, -0.2) is 29.8 Å². The van der Waals surface area contributed by atoms with Crippen LogP contribution in [0.25, 0.3) is 0 Å². The van der Waals surface area contributed by atoms with E-state index >= 15 is 0 Å². The number of allylic oxidation sites excluding steroid dienone is 2. The molecule has 1 heterocycles. The van der Waals surface area contributed by atoms with Crippen LogP contribution in [0.4, 0.5) is 0 Å². The van der Waals surface area contributed by atoms with Crippen molar-refractivity contribution in [2.45, 2.75) is 90.4 Å². The molecule has 196 valence electrons. The number of carbonyl (C=O) groups is 2. The Kier molecular flexibility index (Phi) is 12.2. The first-order chi connectivity index (χ1) is 16.6. The Labute approximate surface area is 221 Å². The maximum atomic E-state index is 13.0. The highest BCUT2D eigenvalue weighted by atomic mass is 33.1. The molecule has 0 aromatic carbocycles. The van der Waals surface area contributed by atoms with Crippen molar-refractivity contribution in [3.8, 4) is 0 Å². The fourth-order valence-electron chi connectivity index (χ4n) is 5.03. The maximum absolute atomic E-state index is 13.0. The van der Waals surface area contributed by atoms with Gasteiger partial charge in [0, 0.05) is 11.7 Å². The minimum absolute atomic E-state index is 0.00698. The first-order valence-electron chi connectivity index (χ1n) is 13.0. The smallest absolute Gasteiger partial charge is 0.329 e. The minimum atomic E-state index is -0.622. The SMILES string of the molecule is C=C[C@]1(C)CC[C@@H](C(=C)COC(=O)C(NC(=O)CCCCC2C=CSS2)C(C)CC)C[C@H]1C(=C)C. The van der Waals surface area contributed by atoms with Gasteiger partial charge in [-0.15, -0.1) is 6.58 Å². The van der Waals surface area contributed by atoms with Crippen LogP contribution in [0.15, 0.2) is 48.4 Å². The van der Waals surface area contributed by atoms with E-state index in [4.69, 9.17) is 4.74 Å². The maximum Gasteiger partial charge on any atom is 0.329 e. The first-order valence-corrected chi connectivity index (χ1v) is 15.3. The molecule has 0 bridgehead atoms. The molecule has 0 aromatic heterocycles. The molecule has 35 heavy (non-hydrogen) atoms. The van der Waals surface area contributed by atoms with E-state index in [0.717, 1.165) is 50.5 Å². The molecule has 0 spiro atoms. The van der Waals surface area contributed by atoms with Gasteiger partial charge in [-0.25, -0.2) is 4.79 Å². The topological polar surface area (TPSA) is 55.4 Å². The van der Waals surface area contributed by atoms with E-state index in [1.54, 1.807) is 10.8 Å². The molecule has 6 atom stereocenters. The number of hydrogen-bond donors (Lipinski definition) is 1. The highest BCUT2D eigenvalue weighted by molar-refractivity contribution is 8.78. The molecule has 1 aliphatic heterocycles. The Morgan fingerprint density at radius 1 is 1.31 bits per heavy atom. The van der Waals surface area contributed by atoms with Gasteiger partial charge in [-0.05, 0) is 73.2 Å². The van der Waals surface area contributed by atoms with E-state index in [1.807, 2.05) is 24.6 Å². The van der Waals surface area contributed by atoms with Crippen molar-refractivity contribution in [3.63, 3.8) is 0 Å². The van der Waals surface area contributed by atoms with Crippen LogP contribution >= 0.6 is 21.6 Å². The van der Waals surface area contributed by atoms with E-state index in [2.05, 4.69) is 56.5 Å². The zero-order chi connectivity index (χ0) is 26.0. The van der Waals surface area contributed by atoms with Crippen LogP contribution < -0.4 is 5.32 Å². The zero-order valence-electron chi connectivity index (χ0n) is 22.1. The zero-order valence-corrected chi connectivity index (χ0v) is 23.8. The van der Waals surface area contributed by atoms with Crippen LogP contribution in [0.5, 0.6) is 0 Å². The van der Waals surface area contributed by atoms with Gasteiger partial charge in [0.2, 0.25) is 5.91 Å². The van der Waals surface area contributed by atoms with Crippen molar-refractivity contribution in [2.24, 2.45) is 23.2 Å². The second-order valence-electron chi connectivity index (χ2n) is 10.6. The Bertz CT molecular complexity index is 808. The summed E-state index contributed by atoms with van der Waals surface area (Å²) < 4.78 is 5.70. The monoisotopic (exact) mass is 519 g/mol. The van der Waals surface area contributed by atoms with Gasteiger partial charge in [-0.3, -0.25) is 4.79 Å². The van der Waals surface area contributed by atoms with E-state index in [-0.39, 0.29) is 29.8 Å². The van der Waals surface area contributed by atoms with Crippen LogP contribution in [0, 0.1) is 23.2 Å². The first kappa shape index (κ1) is 29.8. The number of esters is 1. The van der Waals surface area contributed by atoms with Crippen molar-refractivity contribution in [1.29, 1.82) is 0 Å². The quantitative estimate of drug-likeness (QED) is 0.111. The minimum Gasteiger partial charge on any atom is -0.460 e. The summed E-state index contributed by atoms with van der Waals surface area (Å²) in [5.41, 5.74) is 2.16. The lowest BCUT2D eigenvalue weighted by molar-refractivity contribution is -0.148. The lowest BCUT2D eigenvalue weighted by Crippen LogP contribution is -2.46. The third-order valence-electron chi connectivity index (χ3n) is 7.84. The fourth-order valence-corrected chi connectivity index (χ4v) is 7.29. The Hall–Kier alpha value is -1.40. The van der Waals surface area contributed by atoms with Gasteiger partial charge in [0.05, 0.1) is 0 Å². The summed E-state index contributed by atoms with van der Waals surface area (Å²) in [6.07, 6.45) is 11.4. The normalized spacial score (nSPS) is 27.6. The Morgan fingerprint density at radius 2 is 2.06 bits per heavy atom. The van der Waals surface area contributed by atoms with Crippen LogP contribution in [0.2, 0.25) is 0 Å². The molecule has 0 aromatic rings. The van der Waals surface area contributed by atoms with Crippen molar-refractivity contribution < 1.29 is 14.3 Å². The van der Waals surface area contributed by atoms with Gasteiger partial charge < -0.3 is 10.1 Å². The number of rotatable bonds is 14. The molecule has 1 N–H and O–H groups in total. The molecule has 2 rings (SSSR count). The van der Waals surface area contributed by atoms with Crippen LogP contribution in [-0.2, 0) is 14.3 Å². The molecule has 1 amide bonds. The van der Waals surface area contributed by atoms with E-state index in [1.165, 1.54) is 5.57 Å². The molecule has 1 saturated carbocycles. The third-order valence-corrected chi connectivity index (χ3v) is 10.3. The summed E-state index contributed by atoms with van der Waals surface area (Å²) in [6.45, 7) is 21.1. The molecule has 4 nitrogen and oxygen atoms in total. The molecule has 0 radical (unpaired) electrons. The molecular weight excluding hydrogens is 474 g/mol. The van der Waals surface area contributed by atoms with Crippen LogP contribution in [0.3, 0.4) is 0 Å². The number of amides is 1. The number of nitrogens with one attached hydrogen (secondary N) is 1. The molecule has 1 fully saturated rings. The van der Waals surface area contributed by atoms with Crippen LogP contribution in [0.1, 0.15) is 79.1 Å². The predicted molar refractivity (Wildman–Crippen MR) is 152 cm³/mol. The summed E-state index contributed by atoms with van der Waals surface area (Å²) in [6, 6.07) is -0.622. The number of unbranched alkanes of at least 4 members (excludes halogenated alkanes) is 1. The van der Waals surface area contributed by atoms with Crippen molar-refractivity contribution in [3.05, 3.63) is 48.4 Å². The molecule has 6 heteroatoms. The molecular formula is C29H45NO3S2. The third kappa shape index (κ3) is 8.89.